The first kappa shape index (κ1) is 19.4. The van der Waals surface area contributed by atoms with Gasteiger partial charge in [0.15, 0.2) is 11.5 Å². The van der Waals surface area contributed by atoms with E-state index in [9.17, 15) is 19.7 Å². The van der Waals surface area contributed by atoms with E-state index < -0.39 is 16.7 Å². The van der Waals surface area contributed by atoms with Gasteiger partial charge in [0.1, 0.15) is 0 Å². The summed E-state index contributed by atoms with van der Waals surface area (Å²) in [5.41, 5.74) is 1.33. The summed E-state index contributed by atoms with van der Waals surface area (Å²) < 4.78 is 10.5. The number of imide groups is 1. The van der Waals surface area contributed by atoms with Crippen LogP contribution in [-0.2, 0) is 6.42 Å². The number of hydrogen-bond donors (Lipinski definition) is 0. The predicted octanol–water partition coefficient (Wildman–Crippen LogP) is 3.60. The van der Waals surface area contributed by atoms with Gasteiger partial charge in [-0.2, -0.15) is 0 Å². The lowest BCUT2D eigenvalue weighted by Gasteiger charge is -2.27. The first-order valence-electron chi connectivity index (χ1n) is 9.23. The Morgan fingerprint density at radius 2 is 1.63 bits per heavy atom. The largest absolute Gasteiger partial charge is 0.493 e. The number of non-ortho nitro benzene ring substituents is 1. The van der Waals surface area contributed by atoms with Crippen LogP contribution in [0.15, 0.2) is 48.5 Å². The third-order valence-corrected chi connectivity index (χ3v) is 5.24. The number of nitrogens with zero attached hydrogens (tertiary/aromatic N) is 2. The molecule has 0 bridgehead atoms. The zero-order valence-electron chi connectivity index (χ0n) is 16.4. The molecule has 0 aliphatic carbocycles. The van der Waals surface area contributed by atoms with Gasteiger partial charge < -0.3 is 9.47 Å². The van der Waals surface area contributed by atoms with Crippen molar-refractivity contribution in [3.05, 3.63) is 75.3 Å². The summed E-state index contributed by atoms with van der Waals surface area (Å²) in [7, 11) is 3.08. The van der Waals surface area contributed by atoms with E-state index in [1.807, 2.05) is 6.07 Å². The van der Waals surface area contributed by atoms with Crippen molar-refractivity contribution in [2.45, 2.75) is 6.42 Å². The molecule has 8 heteroatoms. The van der Waals surface area contributed by atoms with Crippen LogP contribution in [0.2, 0.25) is 0 Å². The third-order valence-electron chi connectivity index (χ3n) is 5.24. The average molecular weight is 406 g/mol. The van der Waals surface area contributed by atoms with E-state index in [-0.39, 0.29) is 28.7 Å². The molecular weight excluding hydrogens is 388 g/mol. The minimum atomic E-state index is -0.513. The molecule has 152 valence electrons. The summed E-state index contributed by atoms with van der Waals surface area (Å²) in [6, 6.07) is 12.9. The molecule has 0 unspecified atom stereocenters. The maximum absolute atomic E-state index is 13.0. The van der Waals surface area contributed by atoms with Crippen LogP contribution in [0.5, 0.6) is 11.5 Å². The van der Waals surface area contributed by atoms with E-state index in [0.717, 1.165) is 5.56 Å². The number of ether oxygens (including phenoxy) is 2. The molecule has 3 aromatic rings. The molecule has 1 aliphatic heterocycles. The van der Waals surface area contributed by atoms with E-state index in [0.29, 0.717) is 23.3 Å². The van der Waals surface area contributed by atoms with Gasteiger partial charge in [0, 0.05) is 29.1 Å². The molecule has 0 saturated heterocycles. The Hall–Kier alpha value is -3.94. The van der Waals surface area contributed by atoms with Crippen LogP contribution in [0.4, 0.5) is 5.69 Å². The Bertz CT molecular complexity index is 1180. The molecule has 8 nitrogen and oxygen atoms in total. The summed E-state index contributed by atoms with van der Waals surface area (Å²) in [4.78, 5) is 38.1. The van der Waals surface area contributed by atoms with Crippen molar-refractivity contribution in [1.29, 1.82) is 0 Å². The second-order valence-electron chi connectivity index (χ2n) is 6.82. The zero-order chi connectivity index (χ0) is 21.4. The van der Waals surface area contributed by atoms with Crippen molar-refractivity contribution in [2.24, 2.45) is 0 Å². The maximum atomic E-state index is 13.0. The second-order valence-corrected chi connectivity index (χ2v) is 6.82. The van der Waals surface area contributed by atoms with Crippen LogP contribution in [0, 0.1) is 10.1 Å². The highest BCUT2D eigenvalue weighted by Crippen LogP contribution is 2.35. The normalized spacial score (nSPS) is 12.9. The number of carbonyl (C=O) groups is 2. The molecule has 0 fully saturated rings. The molecule has 30 heavy (non-hydrogen) atoms. The van der Waals surface area contributed by atoms with Gasteiger partial charge >= 0.3 is 0 Å². The Kier molecular flexibility index (Phi) is 4.83. The first-order chi connectivity index (χ1) is 14.5. The Morgan fingerprint density at radius 3 is 2.30 bits per heavy atom. The van der Waals surface area contributed by atoms with E-state index in [4.69, 9.17) is 9.47 Å². The number of benzene rings is 3. The van der Waals surface area contributed by atoms with Crippen molar-refractivity contribution in [3.63, 3.8) is 0 Å². The predicted molar refractivity (Wildman–Crippen MR) is 109 cm³/mol. The summed E-state index contributed by atoms with van der Waals surface area (Å²) in [6.45, 7) is 0.167. The van der Waals surface area contributed by atoms with E-state index >= 15 is 0 Å². The quantitative estimate of drug-likeness (QED) is 0.352. The van der Waals surface area contributed by atoms with Crippen molar-refractivity contribution >= 4 is 28.3 Å². The highest BCUT2D eigenvalue weighted by Gasteiger charge is 2.34. The second kappa shape index (κ2) is 7.47. The zero-order valence-corrected chi connectivity index (χ0v) is 16.4. The summed E-state index contributed by atoms with van der Waals surface area (Å²) in [5.74, 6) is 0.237. The van der Waals surface area contributed by atoms with E-state index in [2.05, 4.69) is 0 Å². The number of rotatable bonds is 6. The highest BCUT2D eigenvalue weighted by atomic mass is 16.6. The Morgan fingerprint density at radius 1 is 0.933 bits per heavy atom. The summed E-state index contributed by atoms with van der Waals surface area (Å²) in [6.07, 6.45) is 0.427. The van der Waals surface area contributed by atoms with Crippen molar-refractivity contribution in [3.8, 4) is 11.5 Å². The smallest absolute Gasteiger partial charge is 0.277 e. The minimum absolute atomic E-state index is 0.130. The molecule has 0 saturated carbocycles. The number of carbonyl (C=O) groups excluding carboxylic acids is 2. The molecule has 4 rings (SSSR count). The molecule has 2 amide bonds. The number of nitro benzene ring substituents is 1. The monoisotopic (exact) mass is 406 g/mol. The fraction of sp³-hybridized carbons (Fsp3) is 0.182. The average Bonchev–Trinajstić information content (AvgIpc) is 2.76. The highest BCUT2D eigenvalue weighted by molar-refractivity contribution is 6.26. The molecule has 1 heterocycles. The molecular formula is C22H18N2O6. The van der Waals surface area contributed by atoms with Crippen molar-refractivity contribution in [2.75, 3.05) is 20.8 Å². The van der Waals surface area contributed by atoms with Crippen LogP contribution in [-0.4, -0.2) is 42.4 Å². The molecule has 1 aliphatic rings. The number of nitro groups is 1. The number of hydrogen-bond acceptors (Lipinski definition) is 6. The van der Waals surface area contributed by atoms with Gasteiger partial charge in [0.2, 0.25) is 0 Å². The third kappa shape index (κ3) is 3.02. The lowest BCUT2D eigenvalue weighted by atomic mass is 9.93. The first-order valence-corrected chi connectivity index (χ1v) is 9.23. The SMILES string of the molecule is COc1ccc(CCN2C(=O)c3cccc4c([N+](=O)[O-])ccc(c34)C2=O)cc1OC. The van der Waals surface area contributed by atoms with E-state index in [1.54, 1.807) is 37.4 Å². The van der Waals surface area contributed by atoms with Crippen LogP contribution in [0.3, 0.4) is 0 Å². The van der Waals surface area contributed by atoms with Gasteiger partial charge in [-0.3, -0.25) is 24.6 Å². The van der Waals surface area contributed by atoms with Gasteiger partial charge in [0.25, 0.3) is 17.5 Å². The molecule has 0 aromatic heterocycles. The van der Waals surface area contributed by atoms with Gasteiger partial charge in [0.05, 0.1) is 24.5 Å². The molecule has 0 spiro atoms. The van der Waals surface area contributed by atoms with Crippen LogP contribution in [0.25, 0.3) is 10.8 Å². The van der Waals surface area contributed by atoms with Crippen molar-refractivity contribution < 1.29 is 24.0 Å². The molecule has 0 atom stereocenters. The lowest BCUT2D eigenvalue weighted by molar-refractivity contribution is -0.383. The van der Waals surface area contributed by atoms with E-state index in [1.165, 1.54) is 24.1 Å². The summed E-state index contributed by atoms with van der Waals surface area (Å²) in [5, 5.41) is 12.0. The van der Waals surface area contributed by atoms with Crippen LogP contribution in [0.1, 0.15) is 26.3 Å². The fourth-order valence-corrected chi connectivity index (χ4v) is 3.77. The summed E-state index contributed by atoms with van der Waals surface area (Å²) >= 11 is 0. The molecule has 3 aromatic carbocycles. The van der Waals surface area contributed by atoms with Gasteiger partial charge in [-0.15, -0.1) is 0 Å². The molecule has 0 N–H and O–H groups in total. The Labute approximate surface area is 171 Å². The Balaban J connectivity index is 1.67. The van der Waals surface area contributed by atoms with Gasteiger partial charge in [-0.1, -0.05) is 12.1 Å². The van der Waals surface area contributed by atoms with Crippen LogP contribution < -0.4 is 9.47 Å². The number of amides is 2. The molecule has 0 radical (unpaired) electrons. The topological polar surface area (TPSA) is 99.0 Å². The minimum Gasteiger partial charge on any atom is -0.493 e. The lowest BCUT2D eigenvalue weighted by Crippen LogP contribution is -2.41. The van der Waals surface area contributed by atoms with Crippen molar-refractivity contribution in [1.82, 2.24) is 4.90 Å². The maximum Gasteiger partial charge on any atom is 0.277 e. The number of methoxy groups -OCH3 is 2. The van der Waals surface area contributed by atoms with Gasteiger partial charge in [-0.05, 0) is 42.3 Å². The fourth-order valence-electron chi connectivity index (χ4n) is 3.77. The standard InChI is InChI=1S/C22H18N2O6/c1-29-18-9-6-13(12-19(18)30-2)10-11-23-21(25)15-5-3-4-14-17(24(27)28)8-7-16(20(14)15)22(23)26/h3-9,12H,10-11H2,1-2H3. The van der Waals surface area contributed by atoms with Gasteiger partial charge in [-0.25, -0.2) is 0 Å². The van der Waals surface area contributed by atoms with Crippen LogP contribution >= 0.6 is 0 Å².